The summed E-state index contributed by atoms with van der Waals surface area (Å²) in [5.74, 6) is 1.12. The zero-order valence-electron chi connectivity index (χ0n) is 25.9. The van der Waals surface area contributed by atoms with Crippen LogP contribution < -0.4 is 16.1 Å². The van der Waals surface area contributed by atoms with Gasteiger partial charge >= 0.3 is 5.76 Å². The third-order valence-electron chi connectivity index (χ3n) is 8.28. The number of hydrogen-bond acceptors (Lipinski definition) is 7. The van der Waals surface area contributed by atoms with Gasteiger partial charge in [0.1, 0.15) is 17.7 Å². The van der Waals surface area contributed by atoms with Crippen LogP contribution in [0.4, 0.5) is 0 Å². The van der Waals surface area contributed by atoms with Crippen LogP contribution in [0, 0.1) is 6.92 Å². The van der Waals surface area contributed by atoms with Gasteiger partial charge in [0.05, 0.1) is 24.1 Å². The highest BCUT2D eigenvalue weighted by molar-refractivity contribution is 5.81. The fraction of sp³-hybridized carbons (Fsp3) is 0.333. The number of H-pyrrole nitrogens is 1. The molecule has 45 heavy (non-hydrogen) atoms. The number of aromatic nitrogens is 4. The first-order valence-electron chi connectivity index (χ1n) is 15.6. The Hall–Kier alpha value is -4.76. The third-order valence-corrected chi connectivity index (χ3v) is 8.28. The Labute approximate surface area is 261 Å². The van der Waals surface area contributed by atoms with Gasteiger partial charge in [0.15, 0.2) is 5.82 Å². The molecule has 232 valence electrons. The Morgan fingerprint density at radius 1 is 1.02 bits per heavy atom. The van der Waals surface area contributed by atoms with Crippen molar-refractivity contribution in [3.8, 4) is 34.0 Å². The van der Waals surface area contributed by atoms with E-state index in [9.17, 15) is 9.59 Å². The molecule has 0 saturated carbocycles. The van der Waals surface area contributed by atoms with Gasteiger partial charge < -0.3 is 9.47 Å². The molecule has 5 aromatic rings. The summed E-state index contributed by atoms with van der Waals surface area (Å²) in [6, 6.07) is 23.5. The van der Waals surface area contributed by atoms with E-state index >= 15 is 0 Å². The predicted molar refractivity (Wildman–Crippen MR) is 173 cm³/mol. The normalized spacial score (nSPS) is 16.5. The summed E-state index contributed by atoms with van der Waals surface area (Å²) in [6.07, 6.45) is 5.02. The summed E-state index contributed by atoms with van der Waals surface area (Å²) in [4.78, 5) is 33.8. The van der Waals surface area contributed by atoms with Gasteiger partial charge in [0, 0.05) is 30.4 Å². The summed E-state index contributed by atoms with van der Waals surface area (Å²) in [5.41, 5.74) is 5.59. The summed E-state index contributed by atoms with van der Waals surface area (Å²) in [6.45, 7) is 6.77. The fourth-order valence-corrected chi connectivity index (χ4v) is 6.00. The van der Waals surface area contributed by atoms with E-state index in [0.29, 0.717) is 36.7 Å². The van der Waals surface area contributed by atoms with E-state index in [0.717, 1.165) is 65.1 Å². The molecule has 1 aliphatic heterocycles. The maximum Gasteiger partial charge on any atom is 0.439 e. The quantitative estimate of drug-likeness (QED) is 0.195. The minimum atomic E-state index is -0.624. The molecular formula is C36H38N4O5. The smallest absolute Gasteiger partial charge is 0.439 e. The van der Waals surface area contributed by atoms with Crippen molar-refractivity contribution in [3.63, 3.8) is 0 Å². The highest BCUT2D eigenvalue weighted by atomic mass is 16.5. The number of rotatable bonds is 10. The van der Waals surface area contributed by atoms with Crippen LogP contribution in [0.1, 0.15) is 62.2 Å². The fourth-order valence-electron chi connectivity index (χ4n) is 6.00. The number of unbranched alkanes of at least 4 members (excludes halogenated alkanes) is 1. The number of ether oxygens (including phenoxy) is 2. The van der Waals surface area contributed by atoms with Crippen molar-refractivity contribution >= 4 is 0 Å². The number of aryl methyl sites for hydroxylation is 2. The number of benzene rings is 3. The zero-order chi connectivity index (χ0) is 31.3. The lowest BCUT2D eigenvalue weighted by Gasteiger charge is -2.27. The Morgan fingerprint density at radius 3 is 2.53 bits per heavy atom. The molecular weight excluding hydrogens is 568 g/mol. The average Bonchev–Trinajstić information content (AvgIpc) is 3.49. The molecule has 2 atom stereocenters. The molecule has 0 radical (unpaired) electrons. The lowest BCUT2D eigenvalue weighted by atomic mass is 9.94. The standard InChI is InChI=1S/C36H38N4O5/c1-4-5-11-33-32(22-25-12-17-30(26-9-7-6-8-10-26)31(21-25)34-38-36(42)45-39-34)35(41)40(24(3)37-33)27-13-15-28(16-14-27)44-29-18-19-43-23(2)20-29/h6-10,12-17,21,23,29H,4-5,11,18-20,22H2,1-3H3,(H,38,39,42)/t23-,29?/m1/s1. The Balaban J connectivity index is 1.36. The average molecular weight is 607 g/mol. The zero-order valence-corrected chi connectivity index (χ0v) is 25.9. The van der Waals surface area contributed by atoms with Crippen molar-refractivity contribution in [3.05, 3.63) is 116 Å². The molecule has 1 fully saturated rings. The van der Waals surface area contributed by atoms with Crippen LogP contribution in [-0.4, -0.2) is 38.5 Å². The summed E-state index contributed by atoms with van der Waals surface area (Å²) >= 11 is 0. The van der Waals surface area contributed by atoms with E-state index in [1.54, 1.807) is 4.57 Å². The van der Waals surface area contributed by atoms with Gasteiger partial charge in [-0.05, 0) is 73.7 Å². The molecule has 2 aromatic heterocycles. The molecule has 1 N–H and O–H groups in total. The Bertz CT molecular complexity index is 1870. The van der Waals surface area contributed by atoms with Crippen LogP contribution in [0.3, 0.4) is 0 Å². The second-order valence-corrected chi connectivity index (χ2v) is 11.6. The lowest BCUT2D eigenvalue weighted by Crippen LogP contribution is -2.31. The molecule has 9 heteroatoms. The molecule has 1 saturated heterocycles. The van der Waals surface area contributed by atoms with Gasteiger partial charge in [-0.1, -0.05) is 61.0 Å². The molecule has 1 aliphatic rings. The maximum atomic E-state index is 14.3. The van der Waals surface area contributed by atoms with Crippen LogP contribution in [0.5, 0.6) is 5.75 Å². The van der Waals surface area contributed by atoms with E-state index in [1.165, 1.54) is 0 Å². The Kier molecular flexibility index (Phi) is 9.07. The SMILES string of the molecule is CCCCc1nc(C)n(-c2ccc(OC3CCO[C@H](C)C3)cc2)c(=O)c1Cc1ccc(-c2ccccc2)c(-c2noc(=O)[nH]2)c1. The van der Waals surface area contributed by atoms with Gasteiger partial charge in [-0.15, -0.1) is 0 Å². The van der Waals surface area contributed by atoms with Gasteiger partial charge in [0.2, 0.25) is 0 Å². The first-order valence-corrected chi connectivity index (χ1v) is 15.6. The number of nitrogens with zero attached hydrogens (tertiary/aromatic N) is 3. The molecule has 0 bridgehead atoms. The number of aromatic amines is 1. The second-order valence-electron chi connectivity index (χ2n) is 11.6. The topological polar surface area (TPSA) is 112 Å². The van der Waals surface area contributed by atoms with Crippen LogP contribution in [0.15, 0.2) is 86.9 Å². The van der Waals surface area contributed by atoms with E-state index in [2.05, 4.69) is 24.0 Å². The first kappa shape index (κ1) is 30.3. The second kappa shape index (κ2) is 13.5. The highest BCUT2D eigenvalue weighted by Crippen LogP contribution is 2.32. The van der Waals surface area contributed by atoms with Crippen LogP contribution in [0.2, 0.25) is 0 Å². The molecule has 3 aromatic carbocycles. The third kappa shape index (κ3) is 6.83. The maximum absolute atomic E-state index is 14.3. The van der Waals surface area contributed by atoms with Crippen molar-refractivity contribution < 1.29 is 14.0 Å². The van der Waals surface area contributed by atoms with Crippen molar-refractivity contribution in [2.75, 3.05) is 6.61 Å². The van der Waals surface area contributed by atoms with Gasteiger partial charge in [-0.25, -0.2) is 9.78 Å². The van der Waals surface area contributed by atoms with E-state index < -0.39 is 5.76 Å². The van der Waals surface area contributed by atoms with Crippen molar-refractivity contribution in [2.45, 2.75) is 71.5 Å². The molecule has 0 spiro atoms. The largest absolute Gasteiger partial charge is 0.490 e. The van der Waals surface area contributed by atoms with Gasteiger partial charge in [0.25, 0.3) is 5.56 Å². The van der Waals surface area contributed by atoms with E-state index in [1.807, 2.05) is 79.7 Å². The number of hydrogen-bond donors (Lipinski definition) is 1. The van der Waals surface area contributed by atoms with Gasteiger partial charge in [-0.2, -0.15) is 0 Å². The highest BCUT2D eigenvalue weighted by Gasteiger charge is 2.22. The van der Waals surface area contributed by atoms with Crippen LogP contribution in [-0.2, 0) is 17.6 Å². The van der Waals surface area contributed by atoms with Crippen molar-refractivity contribution in [2.24, 2.45) is 0 Å². The predicted octanol–water partition coefficient (Wildman–Crippen LogP) is 6.43. The molecule has 3 heterocycles. The Morgan fingerprint density at radius 2 is 1.82 bits per heavy atom. The number of nitrogens with one attached hydrogen (secondary N) is 1. The van der Waals surface area contributed by atoms with E-state index in [4.69, 9.17) is 19.0 Å². The van der Waals surface area contributed by atoms with Crippen molar-refractivity contribution in [1.82, 2.24) is 19.7 Å². The van der Waals surface area contributed by atoms with Gasteiger partial charge in [-0.3, -0.25) is 18.9 Å². The van der Waals surface area contributed by atoms with Crippen LogP contribution in [0.25, 0.3) is 28.2 Å². The monoisotopic (exact) mass is 606 g/mol. The lowest BCUT2D eigenvalue weighted by molar-refractivity contribution is -0.0251. The summed E-state index contributed by atoms with van der Waals surface area (Å²) < 4.78 is 18.4. The molecule has 0 aliphatic carbocycles. The minimum absolute atomic E-state index is 0.0935. The first-order chi connectivity index (χ1) is 21.9. The van der Waals surface area contributed by atoms with Crippen molar-refractivity contribution in [1.29, 1.82) is 0 Å². The molecule has 1 unspecified atom stereocenters. The molecule has 6 rings (SSSR count). The summed E-state index contributed by atoms with van der Waals surface area (Å²) in [5, 5.41) is 3.97. The minimum Gasteiger partial charge on any atom is -0.490 e. The van der Waals surface area contributed by atoms with Crippen LogP contribution >= 0.6 is 0 Å². The summed E-state index contributed by atoms with van der Waals surface area (Å²) in [7, 11) is 0. The molecule has 0 amide bonds. The molecule has 9 nitrogen and oxygen atoms in total. The van der Waals surface area contributed by atoms with E-state index in [-0.39, 0.29) is 17.8 Å².